The predicted octanol–water partition coefficient (Wildman–Crippen LogP) is 3.64. The van der Waals surface area contributed by atoms with Crippen molar-refractivity contribution in [3.05, 3.63) is 66.6 Å². The van der Waals surface area contributed by atoms with Crippen LogP contribution >= 0.6 is 0 Å². The lowest BCUT2D eigenvalue weighted by Gasteiger charge is -2.36. The van der Waals surface area contributed by atoms with Crippen molar-refractivity contribution in [2.75, 3.05) is 31.1 Å². The third-order valence-electron chi connectivity index (χ3n) is 4.88. The van der Waals surface area contributed by atoms with Crippen LogP contribution in [0.15, 0.2) is 60.9 Å². The van der Waals surface area contributed by atoms with Gasteiger partial charge in [-0.15, -0.1) is 0 Å². The fraction of sp³-hybridized carbons (Fsp3) is 0.238. The number of ether oxygens (including phenoxy) is 1. The molecule has 0 spiro atoms. The van der Waals surface area contributed by atoms with Crippen molar-refractivity contribution in [3.8, 4) is 17.0 Å². The van der Waals surface area contributed by atoms with E-state index in [-0.39, 0.29) is 11.7 Å². The molecule has 1 fully saturated rings. The Morgan fingerprint density at radius 3 is 2.52 bits per heavy atom. The summed E-state index contributed by atoms with van der Waals surface area (Å²) in [6.45, 7) is -0.622. The molecule has 29 heavy (non-hydrogen) atoms. The van der Waals surface area contributed by atoms with Crippen LogP contribution in [0, 0.1) is 0 Å². The average Bonchev–Trinajstić information content (AvgIpc) is 3.24. The molecule has 2 heterocycles. The standard InChI is InChI=1S/C21H20F2N4O2/c22-21(23)29-17-8-4-7-16(13-17)26-9-11-27(12-10-26)20(28)19-18(24-14-25-19)15-5-2-1-3-6-15/h1-8,13-14,21H,9-12H2,(H,24,25). The maximum absolute atomic E-state index is 13.0. The summed E-state index contributed by atoms with van der Waals surface area (Å²) >= 11 is 0. The molecule has 0 saturated carbocycles. The molecular weight excluding hydrogens is 378 g/mol. The summed E-state index contributed by atoms with van der Waals surface area (Å²) < 4.78 is 29.3. The molecule has 2 aromatic carbocycles. The highest BCUT2D eigenvalue weighted by atomic mass is 19.3. The van der Waals surface area contributed by atoms with Gasteiger partial charge in [-0.3, -0.25) is 4.79 Å². The number of anilines is 1. The van der Waals surface area contributed by atoms with E-state index in [0.29, 0.717) is 37.6 Å². The second kappa shape index (κ2) is 8.30. The van der Waals surface area contributed by atoms with Gasteiger partial charge in [0.25, 0.3) is 5.91 Å². The maximum atomic E-state index is 13.0. The number of nitrogens with zero attached hydrogens (tertiary/aromatic N) is 3. The summed E-state index contributed by atoms with van der Waals surface area (Å²) in [6.07, 6.45) is 1.53. The molecule has 0 aliphatic carbocycles. The van der Waals surface area contributed by atoms with Crippen molar-refractivity contribution >= 4 is 11.6 Å². The van der Waals surface area contributed by atoms with Crippen molar-refractivity contribution in [2.24, 2.45) is 0 Å². The summed E-state index contributed by atoms with van der Waals surface area (Å²) in [7, 11) is 0. The smallest absolute Gasteiger partial charge is 0.387 e. The third kappa shape index (κ3) is 4.21. The molecule has 0 atom stereocenters. The number of benzene rings is 2. The van der Waals surface area contributed by atoms with Gasteiger partial charge in [-0.2, -0.15) is 8.78 Å². The lowest BCUT2D eigenvalue weighted by molar-refractivity contribution is -0.0498. The number of carbonyl (C=O) groups excluding carboxylic acids is 1. The normalized spacial score (nSPS) is 14.3. The van der Waals surface area contributed by atoms with E-state index in [0.717, 1.165) is 11.3 Å². The molecule has 4 rings (SSSR count). The highest BCUT2D eigenvalue weighted by Crippen LogP contribution is 2.25. The Morgan fingerprint density at radius 2 is 1.79 bits per heavy atom. The summed E-state index contributed by atoms with van der Waals surface area (Å²) in [6, 6.07) is 16.2. The van der Waals surface area contributed by atoms with E-state index in [2.05, 4.69) is 14.7 Å². The summed E-state index contributed by atoms with van der Waals surface area (Å²) in [5, 5.41) is 0. The number of alkyl halides is 2. The first-order valence-corrected chi connectivity index (χ1v) is 9.30. The van der Waals surface area contributed by atoms with Gasteiger partial charge in [0, 0.05) is 43.5 Å². The molecule has 150 valence electrons. The van der Waals surface area contributed by atoms with Crippen LogP contribution in [0.25, 0.3) is 11.3 Å². The van der Waals surface area contributed by atoms with E-state index < -0.39 is 6.61 Å². The zero-order chi connectivity index (χ0) is 20.2. The highest BCUT2D eigenvalue weighted by molar-refractivity contribution is 5.98. The van der Waals surface area contributed by atoms with Gasteiger partial charge in [-0.1, -0.05) is 36.4 Å². The number of piperazine rings is 1. The van der Waals surface area contributed by atoms with Crippen LogP contribution in [0.5, 0.6) is 5.75 Å². The molecule has 1 aromatic heterocycles. The Bertz CT molecular complexity index is 970. The highest BCUT2D eigenvalue weighted by Gasteiger charge is 2.26. The number of imidazole rings is 1. The van der Waals surface area contributed by atoms with Crippen LogP contribution in [0.2, 0.25) is 0 Å². The van der Waals surface area contributed by atoms with Crippen molar-refractivity contribution in [2.45, 2.75) is 6.61 Å². The van der Waals surface area contributed by atoms with Gasteiger partial charge >= 0.3 is 6.61 Å². The fourth-order valence-electron chi connectivity index (χ4n) is 3.45. The number of aromatic amines is 1. The number of hydrogen-bond donors (Lipinski definition) is 1. The summed E-state index contributed by atoms with van der Waals surface area (Å²) in [5.41, 5.74) is 2.78. The number of rotatable bonds is 5. The summed E-state index contributed by atoms with van der Waals surface area (Å²) in [4.78, 5) is 24.1. The largest absolute Gasteiger partial charge is 0.435 e. The van der Waals surface area contributed by atoms with Crippen molar-refractivity contribution < 1.29 is 18.3 Å². The van der Waals surface area contributed by atoms with E-state index in [1.165, 1.54) is 12.4 Å². The minimum atomic E-state index is -2.85. The molecule has 1 aliphatic heterocycles. The molecule has 1 N–H and O–H groups in total. The second-order valence-electron chi connectivity index (χ2n) is 6.65. The Morgan fingerprint density at radius 1 is 1.03 bits per heavy atom. The Hall–Kier alpha value is -3.42. The molecule has 1 saturated heterocycles. The van der Waals surface area contributed by atoms with E-state index in [1.807, 2.05) is 41.3 Å². The van der Waals surface area contributed by atoms with E-state index in [4.69, 9.17) is 0 Å². The van der Waals surface area contributed by atoms with Crippen molar-refractivity contribution in [1.29, 1.82) is 0 Å². The number of hydrogen-bond acceptors (Lipinski definition) is 4. The van der Waals surface area contributed by atoms with Gasteiger partial charge in [0.05, 0.1) is 6.33 Å². The molecule has 0 unspecified atom stereocenters. The fourth-order valence-corrected chi connectivity index (χ4v) is 3.45. The predicted molar refractivity (Wildman–Crippen MR) is 105 cm³/mol. The van der Waals surface area contributed by atoms with Crippen LogP contribution in [0.3, 0.4) is 0 Å². The van der Waals surface area contributed by atoms with Gasteiger partial charge in [0.1, 0.15) is 17.1 Å². The molecule has 0 bridgehead atoms. The van der Waals surface area contributed by atoms with Gasteiger partial charge in [-0.25, -0.2) is 4.98 Å². The maximum Gasteiger partial charge on any atom is 0.387 e. The first kappa shape index (κ1) is 18.9. The molecular formula is C21H20F2N4O2. The average molecular weight is 398 g/mol. The Labute approximate surface area is 166 Å². The molecule has 6 nitrogen and oxygen atoms in total. The molecule has 8 heteroatoms. The first-order chi connectivity index (χ1) is 14.1. The number of carbonyl (C=O) groups is 1. The number of nitrogens with one attached hydrogen (secondary N) is 1. The number of amides is 1. The number of halogens is 2. The van der Waals surface area contributed by atoms with Crippen LogP contribution in [-0.2, 0) is 0 Å². The van der Waals surface area contributed by atoms with E-state index in [1.54, 1.807) is 17.0 Å². The minimum absolute atomic E-state index is 0.101. The number of aromatic nitrogens is 2. The van der Waals surface area contributed by atoms with Gasteiger partial charge in [0.2, 0.25) is 0 Å². The van der Waals surface area contributed by atoms with Gasteiger partial charge in [0.15, 0.2) is 0 Å². The lowest BCUT2D eigenvalue weighted by atomic mass is 10.1. The van der Waals surface area contributed by atoms with E-state index >= 15 is 0 Å². The zero-order valence-electron chi connectivity index (χ0n) is 15.6. The monoisotopic (exact) mass is 398 g/mol. The zero-order valence-corrected chi connectivity index (χ0v) is 15.6. The number of H-pyrrole nitrogens is 1. The van der Waals surface area contributed by atoms with Gasteiger partial charge in [-0.05, 0) is 12.1 Å². The van der Waals surface area contributed by atoms with Crippen molar-refractivity contribution in [3.63, 3.8) is 0 Å². The third-order valence-corrected chi connectivity index (χ3v) is 4.88. The van der Waals surface area contributed by atoms with Crippen LogP contribution < -0.4 is 9.64 Å². The topological polar surface area (TPSA) is 61.5 Å². The lowest BCUT2D eigenvalue weighted by Crippen LogP contribution is -2.49. The van der Waals surface area contributed by atoms with Crippen molar-refractivity contribution in [1.82, 2.24) is 14.9 Å². The van der Waals surface area contributed by atoms with Crippen LogP contribution in [0.1, 0.15) is 10.5 Å². The van der Waals surface area contributed by atoms with E-state index in [9.17, 15) is 13.6 Å². The first-order valence-electron chi connectivity index (χ1n) is 9.30. The van der Waals surface area contributed by atoms with Crippen LogP contribution in [0.4, 0.5) is 14.5 Å². The molecule has 0 radical (unpaired) electrons. The summed E-state index contributed by atoms with van der Waals surface area (Å²) in [5.74, 6) is 0.0248. The Kier molecular flexibility index (Phi) is 5.41. The minimum Gasteiger partial charge on any atom is -0.435 e. The second-order valence-corrected chi connectivity index (χ2v) is 6.65. The molecule has 1 aliphatic rings. The molecule has 3 aromatic rings. The molecule has 1 amide bonds. The Balaban J connectivity index is 1.43. The van der Waals surface area contributed by atoms with Crippen LogP contribution in [-0.4, -0.2) is 53.6 Å². The van der Waals surface area contributed by atoms with Gasteiger partial charge < -0.3 is 19.5 Å². The quantitative estimate of drug-likeness (QED) is 0.713. The SMILES string of the molecule is O=C(c1[nH]cnc1-c1ccccc1)N1CCN(c2cccc(OC(F)F)c2)CC1.